The number of rotatable bonds is 2. The summed E-state index contributed by atoms with van der Waals surface area (Å²) in [6.07, 6.45) is 2.37. The summed E-state index contributed by atoms with van der Waals surface area (Å²) in [5.41, 5.74) is 7.27. The second-order valence-corrected chi connectivity index (χ2v) is 5.61. The van der Waals surface area contributed by atoms with Crippen LogP contribution in [0.2, 0.25) is 0 Å². The second-order valence-electron chi connectivity index (χ2n) is 4.77. The average Bonchev–Trinajstić information content (AvgIpc) is 2.66. The molecular weight excluding hydrogens is 206 g/mol. The fourth-order valence-corrected chi connectivity index (χ4v) is 2.79. The van der Waals surface area contributed by atoms with Crippen molar-refractivity contribution in [3.63, 3.8) is 0 Å². The molecule has 2 rings (SSSR count). The molecule has 0 radical (unpaired) electrons. The van der Waals surface area contributed by atoms with Crippen LogP contribution in [0.15, 0.2) is 5.38 Å². The average molecular weight is 225 g/mol. The zero-order chi connectivity index (χ0) is 10.9. The predicted octanol–water partition coefficient (Wildman–Crippen LogP) is 2.02. The summed E-state index contributed by atoms with van der Waals surface area (Å²) in [7, 11) is 0. The first kappa shape index (κ1) is 10.9. The van der Waals surface area contributed by atoms with E-state index in [4.69, 9.17) is 5.73 Å². The molecule has 1 aromatic heterocycles. The third kappa shape index (κ3) is 2.32. The largest absolute Gasteiger partial charge is 0.348 e. The minimum Gasteiger partial charge on any atom is -0.348 e. The van der Waals surface area contributed by atoms with Gasteiger partial charge in [0.2, 0.25) is 0 Å². The minimum atomic E-state index is 0.350. The van der Waals surface area contributed by atoms with Crippen LogP contribution in [0.5, 0.6) is 0 Å². The van der Waals surface area contributed by atoms with Gasteiger partial charge in [-0.2, -0.15) is 0 Å². The highest BCUT2D eigenvalue weighted by molar-refractivity contribution is 7.13. The van der Waals surface area contributed by atoms with Gasteiger partial charge in [0, 0.05) is 18.5 Å². The van der Waals surface area contributed by atoms with Gasteiger partial charge in [-0.1, -0.05) is 6.92 Å². The third-order valence-corrected chi connectivity index (χ3v) is 4.36. The molecule has 0 amide bonds. The lowest BCUT2D eigenvalue weighted by Gasteiger charge is -2.38. The lowest BCUT2D eigenvalue weighted by atomic mass is 9.81. The van der Waals surface area contributed by atoms with Gasteiger partial charge in [0.25, 0.3) is 0 Å². The first-order valence-corrected chi connectivity index (χ1v) is 6.38. The minimum absolute atomic E-state index is 0.350. The summed E-state index contributed by atoms with van der Waals surface area (Å²) in [4.78, 5) is 6.91. The van der Waals surface area contributed by atoms with E-state index in [1.54, 1.807) is 11.3 Å². The van der Waals surface area contributed by atoms with E-state index in [-0.39, 0.29) is 0 Å². The van der Waals surface area contributed by atoms with Crippen molar-refractivity contribution >= 4 is 16.5 Å². The molecule has 0 spiro atoms. The second kappa shape index (κ2) is 4.10. The van der Waals surface area contributed by atoms with Crippen LogP contribution in [0.1, 0.15) is 25.5 Å². The zero-order valence-corrected chi connectivity index (χ0v) is 10.3. The molecule has 15 heavy (non-hydrogen) atoms. The molecule has 0 unspecified atom stereocenters. The van der Waals surface area contributed by atoms with Gasteiger partial charge in [0.15, 0.2) is 5.13 Å². The molecule has 0 bridgehead atoms. The molecule has 0 atom stereocenters. The van der Waals surface area contributed by atoms with Gasteiger partial charge in [0.05, 0.1) is 5.69 Å². The van der Waals surface area contributed by atoms with Gasteiger partial charge in [0.1, 0.15) is 0 Å². The monoisotopic (exact) mass is 225 g/mol. The van der Waals surface area contributed by atoms with Gasteiger partial charge in [-0.05, 0) is 31.7 Å². The SMILES string of the molecule is Cc1csc(N2CCC(C)(CN)CC2)n1. The molecule has 0 aliphatic carbocycles. The molecule has 4 heteroatoms. The first-order chi connectivity index (χ1) is 7.13. The Balaban J connectivity index is 1.99. The van der Waals surface area contributed by atoms with Crippen molar-refractivity contribution in [3.8, 4) is 0 Å². The Morgan fingerprint density at radius 3 is 2.67 bits per heavy atom. The predicted molar refractivity (Wildman–Crippen MR) is 65.5 cm³/mol. The maximum atomic E-state index is 5.79. The van der Waals surface area contributed by atoms with Crippen LogP contribution in [-0.4, -0.2) is 24.6 Å². The maximum Gasteiger partial charge on any atom is 0.185 e. The van der Waals surface area contributed by atoms with Crippen LogP contribution in [0.3, 0.4) is 0 Å². The van der Waals surface area contributed by atoms with Gasteiger partial charge in [-0.25, -0.2) is 4.98 Å². The summed E-state index contributed by atoms with van der Waals surface area (Å²) in [6.45, 7) is 7.34. The number of hydrogen-bond acceptors (Lipinski definition) is 4. The molecule has 2 heterocycles. The molecule has 1 fully saturated rings. The van der Waals surface area contributed by atoms with Crippen molar-refractivity contribution in [3.05, 3.63) is 11.1 Å². The molecule has 0 aromatic carbocycles. The standard InChI is InChI=1S/C11H19N3S/c1-9-7-15-10(13-9)14-5-3-11(2,8-12)4-6-14/h7H,3-6,8,12H2,1-2H3. The molecule has 1 aliphatic rings. The maximum absolute atomic E-state index is 5.79. The number of nitrogens with two attached hydrogens (primary N) is 1. The third-order valence-electron chi connectivity index (χ3n) is 3.34. The van der Waals surface area contributed by atoms with Crippen LogP contribution in [0.25, 0.3) is 0 Å². The number of aryl methyl sites for hydroxylation is 1. The molecule has 84 valence electrons. The summed E-state index contributed by atoms with van der Waals surface area (Å²) in [5.74, 6) is 0. The van der Waals surface area contributed by atoms with E-state index < -0.39 is 0 Å². The Kier molecular flexibility index (Phi) is 2.98. The number of anilines is 1. The van der Waals surface area contributed by atoms with E-state index in [0.717, 1.165) is 25.3 Å². The highest BCUT2D eigenvalue weighted by Gasteiger charge is 2.29. The number of hydrogen-bond donors (Lipinski definition) is 1. The van der Waals surface area contributed by atoms with Gasteiger partial charge >= 0.3 is 0 Å². The lowest BCUT2D eigenvalue weighted by Crippen LogP contribution is -2.42. The molecular formula is C11H19N3S. The van der Waals surface area contributed by atoms with Crippen molar-refractivity contribution in [1.82, 2.24) is 4.98 Å². The number of piperidine rings is 1. The highest BCUT2D eigenvalue weighted by atomic mass is 32.1. The Bertz CT molecular complexity index is 326. The van der Waals surface area contributed by atoms with E-state index in [0.29, 0.717) is 5.41 Å². The van der Waals surface area contributed by atoms with Crippen molar-refractivity contribution < 1.29 is 0 Å². The van der Waals surface area contributed by atoms with E-state index >= 15 is 0 Å². The number of aromatic nitrogens is 1. The van der Waals surface area contributed by atoms with Crippen LogP contribution in [0.4, 0.5) is 5.13 Å². The lowest BCUT2D eigenvalue weighted by molar-refractivity contribution is 0.258. The van der Waals surface area contributed by atoms with Crippen LogP contribution < -0.4 is 10.6 Å². The van der Waals surface area contributed by atoms with E-state index in [2.05, 4.69) is 22.2 Å². The summed E-state index contributed by atoms with van der Waals surface area (Å²) < 4.78 is 0. The van der Waals surface area contributed by atoms with Crippen molar-refractivity contribution in [1.29, 1.82) is 0 Å². The summed E-state index contributed by atoms with van der Waals surface area (Å²) in [5, 5.41) is 3.29. The van der Waals surface area contributed by atoms with E-state index in [1.807, 2.05) is 6.92 Å². The van der Waals surface area contributed by atoms with E-state index in [1.165, 1.54) is 18.0 Å². The fraction of sp³-hybridized carbons (Fsp3) is 0.727. The zero-order valence-electron chi connectivity index (χ0n) is 9.49. The normalized spacial score (nSPS) is 20.6. The Hall–Kier alpha value is -0.610. The van der Waals surface area contributed by atoms with Crippen LogP contribution in [0, 0.1) is 12.3 Å². The van der Waals surface area contributed by atoms with Crippen LogP contribution in [-0.2, 0) is 0 Å². The van der Waals surface area contributed by atoms with Crippen molar-refractivity contribution in [2.45, 2.75) is 26.7 Å². The van der Waals surface area contributed by atoms with Gasteiger partial charge in [-0.15, -0.1) is 11.3 Å². The quantitative estimate of drug-likeness (QED) is 0.837. The Morgan fingerprint density at radius 1 is 1.53 bits per heavy atom. The number of nitrogens with zero attached hydrogens (tertiary/aromatic N) is 2. The fourth-order valence-electron chi connectivity index (χ4n) is 1.93. The molecule has 1 aromatic rings. The van der Waals surface area contributed by atoms with Gasteiger partial charge < -0.3 is 10.6 Å². The molecule has 0 saturated carbocycles. The molecule has 3 nitrogen and oxygen atoms in total. The first-order valence-electron chi connectivity index (χ1n) is 5.50. The van der Waals surface area contributed by atoms with Crippen LogP contribution >= 0.6 is 11.3 Å². The van der Waals surface area contributed by atoms with Crippen molar-refractivity contribution in [2.75, 3.05) is 24.5 Å². The number of thiazole rings is 1. The highest BCUT2D eigenvalue weighted by Crippen LogP contribution is 2.32. The molecule has 2 N–H and O–H groups in total. The van der Waals surface area contributed by atoms with Crippen molar-refractivity contribution in [2.24, 2.45) is 11.1 Å². The Labute approximate surface area is 95.3 Å². The molecule has 1 aliphatic heterocycles. The van der Waals surface area contributed by atoms with Gasteiger partial charge in [-0.3, -0.25) is 0 Å². The Morgan fingerprint density at radius 2 is 2.20 bits per heavy atom. The van der Waals surface area contributed by atoms with E-state index in [9.17, 15) is 0 Å². The summed E-state index contributed by atoms with van der Waals surface area (Å²) in [6, 6.07) is 0. The summed E-state index contributed by atoms with van der Waals surface area (Å²) >= 11 is 1.75. The topological polar surface area (TPSA) is 42.1 Å². The molecule has 1 saturated heterocycles. The smallest absolute Gasteiger partial charge is 0.185 e.